The Kier molecular flexibility index (Phi) is 3.30. The molecule has 0 aliphatic carbocycles. The molecule has 0 aromatic carbocycles. The fourth-order valence-electron chi connectivity index (χ4n) is 1.81. The average molecular weight is 191 g/mol. The molecule has 0 bridgehead atoms. The Hall–Kier alpha value is -0.850. The number of hydrogen-bond acceptors (Lipinski definition) is 1. The highest BCUT2D eigenvalue weighted by atomic mass is 14.7. The van der Waals surface area contributed by atoms with Gasteiger partial charge in [0.25, 0.3) is 0 Å². The number of pyridine rings is 1. The predicted octanol–water partition coefficient (Wildman–Crippen LogP) is 3.93. The van der Waals surface area contributed by atoms with E-state index in [1.807, 2.05) is 13.1 Å². The van der Waals surface area contributed by atoms with Crippen LogP contribution in [0.5, 0.6) is 0 Å². The van der Waals surface area contributed by atoms with Crippen LogP contribution in [-0.4, -0.2) is 4.98 Å². The van der Waals surface area contributed by atoms with Crippen LogP contribution < -0.4 is 0 Å². The van der Waals surface area contributed by atoms with E-state index in [-0.39, 0.29) is 0 Å². The first kappa shape index (κ1) is 11.2. The highest BCUT2D eigenvalue weighted by Crippen LogP contribution is 2.30. The van der Waals surface area contributed by atoms with Crippen molar-refractivity contribution in [3.63, 3.8) is 0 Å². The van der Waals surface area contributed by atoms with Crippen LogP contribution in [0.1, 0.15) is 51.3 Å². The van der Waals surface area contributed by atoms with Crippen LogP contribution in [0.25, 0.3) is 0 Å². The first-order valence-corrected chi connectivity index (χ1v) is 5.31. The maximum absolute atomic E-state index is 4.33. The highest BCUT2D eigenvalue weighted by Gasteiger charge is 2.16. The topological polar surface area (TPSA) is 12.9 Å². The summed E-state index contributed by atoms with van der Waals surface area (Å²) in [5.74, 6) is 0.600. The van der Waals surface area contributed by atoms with Gasteiger partial charge in [-0.2, -0.15) is 0 Å². The number of nitrogens with zero attached hydrogens (tertiary/aromatic N) is 1. The molecule has 0 radical (unpaired) electrons. The van der Waals surface area contributed by atoms with Crippen LogP contribution in [0, 0.1) is 12.3 Å². The van der Waals surface area contributed by atoms with E-state index in [4.69, 9.17) is 0 Å². The van der Waals surface area contributed by atoms with Crippen molar-refractivity contribution in [1.82, 2.24) is 4.98 Å². The molecule has 1 heteroatoms. The Labute approximate surface area is 87.6 Å². The van der Waals surface area contributed by atoms with Gasteiger partial charge < -0.3 is 0 Å². The summed E-state index contributed by atoms with van der Waals surface area (Å²) in [5.41, 5.74) is 2.84. The fraction of sp³-hybridized carbons (Fsp3) is 0.615. The zero-order valence-corrected chi connectivity index (χ0v) is 9.96. The van der Waals surface area contributed by atoms with Crippen LogP contribution in [-0.2, 0) is 0 Å². The van der Waals surface area contributed by atoms with Gasteiger partial charge in [0.15, 0.2) is 0 Å². The molecule has 0 aliphatic rings. The first-order chi connectivity index (χ1) is 6.38. The number of hydrogen-bond donors (Lipinski definition) is 0. The van der Waals surface area contributed by atoms with Gasteiger partial charge in [-0.25, -0.2) is 0 Å². The van der Waals surface area contributed by atoms with Gasteiger partial charge in [-0.15, -0.1) is 0 Å². The summed E-state index contributed by atoms with van der Waals surface area (Å²) >= 11 is 0. The Balaban J connectivity index is 2.70. The molecule has 0 fully saturated rings. The van der Waals surface area contributed by atoms with Crippen LogP contribution >= 0.6 is 0 Å². The quantitative estimate of drug-likeness (QED) is 0.690. The summed E-state index contributed by atoms with van der Waals surface area (Å²) in [5, 5.41) is 0. The van der Waals surface area contributed by atoms with E-state index < -0.39 is 0 Å². The molecular formula is C13H21N. The zero-order chi connectivity index (χ0) is 10.8. The first-order valence-electron chi connectivity index (χ1n) is 5.31. The molecule has 0 saturated carbocycles. The summed E-state index contributed by atoms with van der Waals surface area (Å²) in [6.07, 6.45) is 3.21. The minimum absolute atomic E-state index is 0.393. The van der Waals surface area contributed by atoms with Crippen molar-refractivity contribution in [1.29, 1.82) is 0 Å². The van der Waals surface area contributed by atoms with Crippen LogP contribution in [0.3, 0.4) is 0 Å². The standard InChI is InChI=1S/C13H21N/c1-10(8-13(3,4)5)12-7-6-11(2)14-9-12/h6-7,9-10H,8H2,1-5H3/t10-/m0/s1. The smallest absolute Gasteiger partial charge is 0.0372 e. The third kappa shape index (κ3) is 3.49. The highest BCUT2D eigenvalue weighted by molar-refractivity contribution is 5.17. The molecule has 1 heterocycles. The van der Waals surface area contributed by atoms with Crippen molar-refractivity contribution in [2.45, 2.75) is 47.0 Å². The summed E-state index contributed by atoms with van der Waals surface area (Å²) < 4.78 is 0. The number of aromatic nitrogens is 1. The van der Waals surface area contributed by atoms with Gasteiger partial charge in [0.05, 0.1) is 0 Å². The maximum Gasteiger partial charge on any atom is 0.0372 e. The molecule has 78 valence electrons. The largest absolute Gasteiger partial charge is 0.261 e. The van der Waals surface area contributed by atoms with E-state index in [1.54, 1.807) is 0 Å². The molecule has 0 spiro atoms. The molecule has 0 unspecified atom stereocenters. The number of rotatable bonds is 2. The van der Waals surface area contributed by atoms with E-state index in [9.17, 15) is 0 Å². The summed E-state index contributed by atoms with van der Waals surface area (Å²) in [4.78, 5) is 4.33. The summed E-state index contributed by atoms with van der Waals surface area (Å²) in [6.45, 7) is 11.1. The van der Waals surface area contributed by atoms with Gasteiger partial charge in [-0.05, 0) is 36.3 Å². The molecule has 1 aromatic heterocycles. The van der Waals surface area contributed by atoms with E-state index in [1.165, 1.54) is 12.0 Å². The van der Waals surface area contributed by atoms with Gasteiger partial charge in [0, 0.05) is 11.9 Å². The average Bonchev–Trinajstić information content (AvgIpc) is 2.02. The second kappa shape index (κ2) is 4.12. The normalized spacial score (nSPS) is 14.1. The predicted molar refractivity (Wildman–Crippen MR) is 61.5 cm³/mol. The van der Waals surface area contributed by atoms with Gasteiger partial charge in [-0.1, -0.05) is 33.8 Å². The number of aryl methyl sites for hydroxylation is 1. The van der Waals surface area contributed by atoms with Crippen molar-refractivity contribution in [3.8, 4) is 0 Å². The van der Waals surface area contributed by atoms with Crippen LogP contribution in [0.15, 0.2) is 18.3 Å². The van der Waals surface area contributed by atoms with E-state index in [0.29, 0.717) is 11.3 Å². The van der Waals surface area contributed by atoms with Crippen molar-refractivity contribution < 1.29 is 0 Å². The Morgan fingerprint density at radius 2 is 1.93 bits per heavy atom. The monoisotopic (exact) mass is 191 g/mol. The molecule has 0 saturated heterocycles. The van der Waals surface area contributed by atoms with Crippen molar-refractivity contribution in [3.05, 3.63) is 29.6 Å². The van der Waals surface area contributed by atoms with Gasteiger partial charge in [0.1, 0.15) is 0 Å². The fourth-order valence-corrected chi connectivity index (χ4v) is 1.81. The maximum atomic E-state index is 4.33. The SMILES string of the molecule is Cc1ccc([C@@H](C)CC(C)(C)C)cn1. The Morgan fingerprint density at radius 3 is 2.36 bits per heavy atom. The lowest BCUT2D eigenvalue weighted by Crippen LogP contribution is -2.10. The minimum atomic E-state index is 0.393. The van der Waals surface area contributed by atoms with Crippen molar-refractivity contribution >= 4 is 0 Å². The van der Waals surface area contributed by atoms with E-state index in [0.717, 1.165) is 5.69 Å². The summed E-state index contributed by atoms with van der Waals surface area (Å²) in [6, 6.07) is 4.28. The molecule has 1 aromatic rings. The summed E-state index contributed by atoms with van der Waals surface area (Å²) in [7, 11) is 0. The molecule has 0 N–H and O–H groups in total. The minimum Gasteiger partial charge on any atom is -0.261 e. The molecule has 1 atom stereocenters. The van der Waals surface area contributed by atoms with E-state index in [2.05, 4.69) is 44.8 Å². The van der Waals surface area contributed by atoms with Gasteiger partial charge in [0.2, 0.25) is 0 Å². The second-order valence-corrected chi connectivity index (χ2v) is 5.40. The van der Waals surface area contributed by atoms with Crippen LogP contribution in [0.4, 0.5) is 0 Å². The molecule has 1 rings (SSSR count). The Bertz CT molecular complexity index is 279. The zero-order valence-electron chi connectivity index (χ0n) is 9.96. The van der Waals surface area contributed by atoms with Gasteiger partial charge in [-0.3, -0.25) is 4.98 Å². The van der Waals surface area contributed by atoms with Crippen molar-refractivity contribution in [2.24, 2.45) is 5.41 Å². The third-order valence-corrected chi connectivity index (χ3v) is 2.42. The van der Waals surface area contributed by atoms with Crippen molar-refractivity contribution in [2.75, 3.05) is 0 Å². The molecule has 0 aliphatic heterocycles. The Morgan fingerprint density at radius 1 is 1.29 bits per heavy atom. The van der Waals surface area contributed by atoms with Gasteiger partial charge >= 0.3 is 0 Å². The van der Waals surface area contributed by atoms with Crippen LogP contribution in [0.2, 0.25) is 0 Å². The third-order valence-electron chi connectivity index (χ3n) is 2.42. The second-order valence-electron chi connectivity index (χ2n) is 5.40. The molecular weight excluding hydrogens is 170 g/mol. The lowest BCUT2D eigenvalue weighted by Gasteiger charge is -2.23. The van der Waals surface area contributed by atoms with E-state index >= 15 is 0 Å². The lowest BCUT2D eigenvalue weighted by molar-refractivity contribution is 0.348. The molecule has 14 heavy (non-hydrogen) atoms. The molecule has 1 nitrogen and oxygen atoms in total. The molecule has 0 amide bonds. The lowest BCUT2D eigenvalue weighted by atomic mass is 9.83.